The number of ether oxygens (including phenoxy) is 2. The Hall–Kier alpha value is -0.980. The minimum Gasteiger partial charge on any atom is -0.486 e. The molecule has 0 radical (unpaired) electrons. The van der Waals surface area contributed by atoms with Gasteiger partial charge >= 0.3 is 0 Å². The van der Waals surface area contributed by atoms with Crippen molar-refractivity contribution < 1.29 is 9.47 Å². The number of benzene rings is 1. The first kappa shape index (κ1) is 21.3. The molecular formula is C20H34BrN3O2. The van der Waals surface area contributed by atoms with Gasteiger partial charge in [0.25, 0.3) is 0 Å². The number of likely N-dealkylation sites (N-methyl/N-ethyl adjacent to an activating group) is 2. The third-order valence-corrected chi connectivity index (χ3v) is 5.75. The lowest BCUT2D eigenvalue weighted by Gasteiger charge is -2.32. The van der Waals surface area contributed by atoms with Crippen molar-refractivity contribution in [2.75, 3.05) is 70.5 Å². The smallest absolute Gasteiger partial charge is 0.163 e. The van der Waals surface area contributed by atoms with Gasteiger partial charge in [-0.15, -0.1) is 0 Å². The van der Waals surface area contributed by atoms with Gasteiger partial charge in [-0.25, -0.2) is 0 Å². The van der Waals surface area contributed by atoms with E-state index in [0.717, 1.165) is 68.3 Å². The highest BCUT2D eigenvalue weighted by molar-refractivity contribution is 9.10. The van der Waals surface area contributed by atoms with E-state index in [1.165, 1.54) is 5.69 Å². The predicted molar refractivity (Wildman–Crippen MR) is 113 cm³/mol. The zero-order valence-corrected chi connectivity index (χ0v) is 18.3. The average molecular weight is 428 g/mol. The van der Waals surface area contributed by atoms with Crippen molar-refractivity contribution in [3.8, 4) is 11.5 Å². The fourth-order valence-electron chi connectivity index (χ4n) is 3.25. The Labute approximate surface area is 167 Å². The van der Waals surface area contributed by atoms with Crippen LogP contribution in [0.4, 0.5) is 5.69 Å². The van der Waals surface area contributed by atoms with Crippen molar-refractivity contribution in [3.05, 3.63) is 16.6 Å². The Morgan fingerprint density at radius 1 is 0.769 bits per heavy atom. The van der Waals surface area contributed by atoms with Gasteiger partial charge in [-0.05, 0) is 42.1 Å². The first-order valence-electron chi connectivity index (χ1n) is 9.91. The first-order valence-corrected chi connectivity index (χ1v) is 10.7. The molecule has 0 saturated carbocycles. The van der Waals surface area contributed by atoms with E-state index in [1.54, 1.807) is 0 Å². The summed E-state index contributed by atoms with van der Waals surface area (Å²) in [5, 5.41) is 0. The molecule has 6 heteroatoms. The molecule has 1 heterocycles. The van der Waals surface area contributed by atoms with Crippen LogP contribution in [-0.4, -0.2) is 75.4 Å². The molecule has 26 heavy (non-hydrogen) atoms. The maximum atomic E-state index is 5.81. The first-order chi connectivity index (χ1) is 12.6. The third kappa shape index (κ3) is 5.76. The molecule has 0 bridgehead atoms. The van der Waals surface area contributed by atoms with Crippen LogP contribution in [0.25, 0.3) is 0 Å². The normalized spacial score (nSPS) is 13.5. The number of hydrogen-bond acceptors (Lipinski definition) is 5. The summed E-state index contributed by atoms with van der Waals surface area (Å²) in [5.74, 6) is 1.68. The minimum absolute atomic E-state index is 0.617. The summed E-state index contributed by atoms with van der Waals surface area (Å²) in [5.41, 5.74) is 1.19. The van der Waals surface area contributed by atoms with Gasteiger partial charge in [0.2, 0.25) is 0 Å². The molecule has 0 unspecified atom stereocenters. The van der Waals surface area contributed by atoms with Crippen LogP contribution >= 0.6 is 15.9 Å². The summed E-state index contributed by atoms with van der Waals surface area (Å²) < 4.78 is 12.6. The lowest BCUT2D eigenvalue weighted by Crippen LogP contribution is -2.40. The second kappa shape index (κ2) is 11.0. The third-order valence-electron chi connectivity index (χ3n) is 5.11. The number of nitrogens with zero attached hydrogens (tertiary/aromatic N) is 3. The van der Waals surface area contributed by atoms with Crippen LogP contribution in [0, 0.1) is 0 Å². The van der Waals surface area contributed by atoms with Gasteiger partial charge < -0.3 is 24.2 Å². The molecule has 2 rings (SSSR count). The average Bonchev–Trinajstić information content (AvgIpc) is 2.67. The van der Waals surface area contributed by atoms with Gasteiger partial charge in [-0.1, -0.05) is 27.7 Å². The van der Waals surface area contributed by atoms with E-state index >= 15 is 0 Å². The number of hydrogen-bond donors (Lipinski definition) is 0. The van der Waals surface area contributed by atoms with Crippen LogP contribution in [0.2, 0.25) is 0 Å². The SMILES string of the molecule is CCN(CC)CCN(CCN(CC)CC)c1cc2c(cc1Br)OCCO2. The minimum atomic E-state index is 0.617. The van der Waals surface area contributed by atoms with Crippen LogP contribution in [0.15, 0.2) is 16.6 Å². The van der Waals surface area contributed by atoms with Crippen LogP contribution in [0.5, 0.6) is 11.5 Å². The van der Waals surface area contributed by atoms with E-state index in [2.05, 4.69) is 64.4 Å². The summed E-state index contributed by atoms with van der Waals surface area (Å²) in [4.78, 5) is 7.41. The molecule has 0 amide bonds. The molecule has 1 aromatic rings. The molecule has 0 aliphatic carbocycles. The maximum Gasteiger partial charge on any atom is 0.163 e. The van der Waals surface area contributed by atoms with Crippen molar-refractivity contribution in [2.24, 2.45) is 0 Å². The Balaban J connectivity index is 2.18. The Bertz CT molecular complexity index is 532. The molecule has 1 aromatic carbocycles. The van der Waals surface area contributed by atoms with Crippen molar-refractivity contribution >= 4 is 21.6 Å². The lowest BCUT2D eigenvalue weighted by atomic mass is 10.2. The Morgan fingerprint density at radius 2 is 1.23 bits per heavy atom. The fraction of sp³-hybridized carbons (Fsp3) is 0.700. The highest BCUT2D eigenvalue weighted by Gasteiger charge is 2.19. The van der Waals surface area contributed by atoms with Crippen LogP contribution in [-0.2, 0) is 0 Å². The number of halogens is 1. The molecular weight excluding hydrogens is 394 g/mol. The molecule has 148 valence electrons. The highest BCUT2D eigenvalue weighted by atomic mass is 79.9. The molecule has 0 saturated heterocycles. The van der Waals surface area contributed by atoms with Gasteiger partial charge in [0.15, 0.2) is 11.5 Å². The summed E-state index contributed by atoms with van der Waals surface area (Å²) >= 11 is 3.75. The van der Waals surface area contributed by atoms with Crippen LogP contribution in [0.1, 0.15) is 27.7 Å². The molecule has 1 aliphatic heterocycles. The number of rotatable bonds is 11. The van der Waals surface area contributed by atoms with E-state index in [-0.39, 0.29) is 0 Å². The molecule has 0 aromatic heterocycles. The molecule has 0 N–H and O–H groups in total. The summed E-state index contributed by atoms with van der Waals surface area (Å²) in [7, 11) is 0. The second-order valence-electron chi connectivity index (χ2n) is 6.49. The van der Waals surface area contributed by atoms with Gasteiger partial charge in [0.1, 0.15) is 13.2 Å². The van der Waals surface area contributed by atoms with Crippen LogP contribution < -0.4 is 14.4 Å². The lowest BCUT2D eigenvalue weighted by molar-refractivity contribution is 0.171. The van der Waals surface area contributed by atoms with Crippen molar-refractivity contribution in [3.63, 3.8) is 0 Å². The summed E-state index contributed by atoms with van der Waals surface area (Å²) in [6.45, 7) is 18.6. The highest BCUT2D eigenvalue weighted by Crippen LogP contribution is 2.39. The zero-order valence-electron chi connectivity index (χ0n) is 16.8. The molecule has 0 spiro atoms. The quantitative estimate of drug-likeness (QED) is 0.536. The van der Waals surface area contributed by atoms with E-state index in [9.17, 15) is 0 Å². The van der Waals surface area contributed by atoms with E-state index in [0.29, 0.717) is 13.2 Å². The van der Waals surface area contributed by atoms with Gasteiger partial charge in [0, 0.05) is 42.8 Å². The maximum absolute atomic E-state index is 5.81. The van der Waals surface area contributed by atoms with E-state index in [4.69, 9.17) is 9.47 Å². The molecule has 5 nitrogen and oxygen atoms in total. The van der Waals surface area contributed by atoms with Crippen molar-refractivity contribution in [1.82, 2.24) is 9.80 Å². The van der Waals surface area contributed by atoms with E-state index in [1.807, 2.05) is 6.07 Å². The van der Waals surface area contributed by atoms with Crippen molar-refractivity contribution in [2.45, 2.75) is 27.7 Å². The Kier molecular flexibility index (Phi) is 9.02. The number of anilines is 1. The van der Waals surface area contributed by atoms with Gasteiger partial charge in [-0.3, -0.25) is 0 Å². The fourth-order valence-corrected chi connectivity index (χ4v) is 3.83. The molecule has 0 fully saturated rings. The van der Waals surface area contributed by atoms with Crippen LogP contribution in [0.3, 0.4) is 0 Å². The monoisotopic (exact) mass is 427 g/mol. The van der Waals surface area contributed by atoms with E-state index < -0.39 is 0 Å². The standard InChI is InChI=1S/C20H34BrN3O2/c1-5-22(6-2)9-11-24(12-10-23(7-3)8-4)18-16-20-19(15-17(18)21)25-13-14-26-20/h15-16H,5-14H2,1-4H3. The Morgan fingerprint density at radius 3 is 1.69 bits per heavy atom. The largest absolute Gasteiger partial charge is 0.486 e. The zero-order chi connectivity index (χ0) is 18.9. The topological polar surface area (TPSA) is 28.2 Å². The summed E-state index contributed by atoms with van der Waals surface area (Å²) in [6.07, 6.45) is 0. The van der Waals surface area contributed by atoms with Gasteiger partial charge in [-0.2, -0.15) is 0 Å². The van der Waals surface area contributed by atoms with Gasteiger partial charge in [0.05, 0.1) is 5.69 Å². The molecule has 0 atom stereocenters. The molecule has 1 aliphatic rings. The number of fused-ring (bicyclic) bond motifs is 1. The second-order valence-corrected chi connectivity index (χ2v) is 7.34. The van der Waals surface area contributed by atoms with Crippen molar-refractivity contribution in [1.29, 1.82) is 0 Å². The predicted octanol–water partition coefficient (Wildman–Crippen LogP) is 3.71. The summed E-state index contributed by atoms with van der Waals surface area (Å²) in [6, 6.07) is 4.18.